The van der Waals surface area contributed by atoms with Crippen molar-refractivity contribution in [3.63, 3.8) is 0 Å². The van der Waals surface area contributed by atoms with Gasteiger partial charge in [0.05, 0.1) is 22.0 Å². The first kappa shape index (κ1) is 20.0. The zero-order valence-corrected chi connectivity index (χ0v) is 16.7. The highest BCUT2D eigenvalue weighted by atomic mass is 32.2. The van der Waals surface area contributed by atoms with E-state index in [0.717, 1.165) is 5.56 Å². The lowest BCUT2D eigenvalue weighted by molar-refractivity contribution is 0.580. The fraction of sp³-hybridized carbons (Fsp3) is 0.105. The minimum atomic E-state index is -3.75. The first-order chi connectivity index (χ1) is 13.3. The molecular weight excluding hydrogens is 398 g/mol. The van der Waals surface area contributed by atoms with E-state index in [4.69, 9.17) is 0 Å². The number of benzene rings is 2. The molecule has 2 N–H and O–H groups in total. The van der Waals surface area contributed by atoms with Crippen molar-refractivity contribution in [1.29, 1.82) is 0 Å². The second-order valence-electron chi connectivity index (χ2n) is 6.09. The minimum absolute atomic E-state index is 0.0294. The average molecular weight is 418 g/mol. The smallest absolute Gasteiger partial charge is 0.261 e. The number of aromatic nitrogens is 1. The van der Waals surface area contributed by atoms with Crippen molar-refractivity contribution in [1.82, 2.24) is 9.71 Å². The van der Waals surface area contributed by atoms with Gasteiger partial charge in [-0.2, -0.15) is 0 Å². The van der Waals surface area contributed by atoms with E-state index >= 15 is 0 Å². The number of aryl methyl sites for hydroxylation is 1. The molecule has 0 radical (unpaired) electrons. The van der Waals surface area contributed by atoms with Crippen LogP contribution in [0.25, 0.3) is 0 Å². The number of hydrogen-bond acceptors (Lipinski definition) is 5. The van der Waals surface area contributed by atoms with Gasteiger partial charge in [0.2, 0.25) is 10.0 Å². The number of hydrogen-bond donors (Lipinski definition) is 2. The third kappa shape index (κ3) is 4.94. The summed E-state index contributed by atoms with van der Waals surface area (Å²) in [6.07, 6.45) is 1.58. The summed E-state index contributed by atoms with van der Waals surface area (Å²) in [5.41, 5.74) is 1.81. The molecule has 0 unspecified atom stereocenters. The molecule has 7 nitrogen and oxygen atoms in total. The van der Waals surface area contributed by atoms with Crippen LogP contribution in [0.2, 0.25) is 0 Å². The molecule has 146 valence electrons. The Morgan fingerprint density at radius 3 is 2.00 bits per heavy atom. The number of pyridine rings is 1. The van der Waals surface area contributed by atoms with Crippen molar-refractivity contribution in [3.8, 4) is 0 Å². The van der Waals surface area contributed by atoms with Crippen molar-refractivity contribution < 1.29 is 16.8 Å². The van der Waals surface area contributed by atoms with Crippen molar-refractivity contribution in [2.75, 3.05) is 4.72 Å². The Hall–Kier alpha value is -2.75. The Bertz CT molecular complexity index is 1140. The third-order valence-electron chi connectivity index (χ3n) is 3.92. The second-order valence-corrected chi connectivity index (χ2v) is 9.54. The molecule has 0 fully saturated rings. The SMILES string of the molecule is Cc1ccc(S(=O)(=O)Nc2ccc(S(=O)(=O)NCc3ccccn3)cc2)cc1. The molecule has 0 saturated carbocycles. The summed E-state index contributed by atoms with van der Waals surface area (Å²) in [7, 11) is -7.49. The minimum Gasteiger partial charge on any atom is -0.280 e. The van der Waals surface area contributed by atoms with Crippen molar-refractivity contribution in [2.24, 2.45) is 0 Å². The lowest BCUT2D eigenvalue weighted by Gasteiger charge is -2.10. The Morgan fingerprint density at radius 2 is 1.39 bits per heavy atom. The third-order valence-corrected chi connectivity index (χ3v) is 6.73. The van der Waals surface area contributed by atoms with Crippen LogP contribution >= 0.6 is 0 Å². The lowest BCUT2D eigenvalue weighted by Crippen LogP contribution is -2.23. The van der Waals surface area contributed by atoms with E-state index in [2.05, 4.69) is 14.4 Å². The van der Waals surface area contributed by atoms with Gasteiger partial charge in [-0.1, -0.05) is 23.8 Å². The average Bonchev–Trinajstić information content (AvgIpc) is 2.68. The van der Waals surface area contributed by atoms with E-state index in [0.29, 0.717) is 5.69 Å². The van der Waals surface area contributed by atoms with Crippen LogP contribution in [0.5, 0.6) is 0 Å². The molecule has 28 heavy (non-hydrogen) atoms. The second kappa shape index (κ2) is 8.09. The summed E-state index contributed by atoms with van der Waals surface area (Å²) in [5.74, 6) is 0. The highest BCUT2D eigenvalue weighted by molar-refractivity contribution is 7.92. The maximum atomic E-state index is 12.4. The molecule has 0 amide bonds. The predicted octanol–water partition coefficient (Wildman–Crippen LogP) is 2.67. The van der Waals surface area contributed by atoms with Gasteiger partial charge in [-0.15, -0.1) is 0 Å². The Labute approximate surface area is 164 Å². The summed E-state index contributed by atoms with van der Waals surface area (Å²) in [6.45, 7) is 1.93. The van der Waals surface area contributed by atoms with E-state index in [9.17, 15) is 16.8 Å². The number of nitrogens with one attached hydrogen (secondary N) is 2. The van der Waals surface area contributed by atoms with E-state index in [-0.39, 0.29) is 22.0 Å². The van der Waals surface area contributed by atoms with Gasteiger partial charge in [0.1, 0.15) is 0 Å². The highest BCUT2D eigenvalue weighted by Crippen LogP contribution is 2.19. The molecule has 0 spiro atoms. The van der Waals surface area contributed by atoms with Gasteiger partial charge in [0, 0.05) is 11.9 Å². The number of nitrogens with zero attached hydrogens (tertiary/aromatic N) is 1. The summed E-state index contributed by atoms with van der Waals surface area (Å²) in [6, 6.07) is 17.2. The Kier molecular flexibility index (Phi) is 5.78. The molecule has 1 aromatic heterocycles. The summed E-state index contributed by atoms with van der Waals surface area (Å²) in [5, 5.41) is 0. The first-order valence-electron chi connectivity index (χ1n) is 8.35. The molecule has 0 atom stereocenters. The molecule has 0 aliphatic rings. The van der Waals surface area contributed by atoms with Crippen LogP contribution in [0.3, 0.4) is 0 Å². The van der Waals surface area contributed by atoms with Gasteiger partial charge >= 0.3 is 0 Å². The molecule has 1 heterocycles. The van der Waals surface area contributed by atoms with Gasteiger partial charge in [-0.25, -0.2) is 21.6 Å². The number of anilines is 1. The number of sulfonamides is 2. The molecule has 0 bridgehead atoms. The highest BCUT2D eigenvalue weighted by Gasteiger charge is 2.16. The van der Waals surface area contributed by atoms with Gasteiger partial charge in [0.15, 0.2) is 0 Å². The maximum Gasteiger partial charge on any atom is 0.261 e. The zero-order chi connectivity index (χ0) is 20.2. The maximum absolute atomic E-state index is 12.4. The molecule has 0 aliphatic heterocycles. The van der Waals surface area contributed by atoms with Crippen molar-refractivity contribution in [2.45, 2.75) is 23.3 Å². The largest absolute Gasteiger partial charge is 0.280 e. The van der Waals surface area contributed by atoms with Crippen LogP contribution in [-0.4, -0.2) is 21.8 Å². The molecule has 2 aromatic carbocycles. The zero-order valence-electron chi connectivity index (χ0n) is 15.0. The summed E-state index contributed by atoms with van der Waals surface area (Å²) in [4.78, 5) is 4.22. The molecule has 3 aromatic rings. The molecule has 0 aliphatic carbocycles. The van der Waals surface area contributed by atoms with E-state index in [1.165, 1.54) is 36.4 Å². The van der Waals surface area contributed by atoms with E-state index in [1.54, 1.807) is 36.5 Å². The summed E-state index contributed by atoms with van der Waals surface area (Å²) >= 11 is 0. The monoisotopic (exact) mass is 417 g/mol. The van der Waals surface area contributed by atoms with E-state index in [1.807, 2.05) is 6.92 Å². The van der Waals surface area contributed by atoms with Gasteiger partial charge < -0.3 is 0 Å². The van der Waals surface area contributed by atoms with Gasteiger partial charge in [-0.05, 0) is 55.5 Å². The molecular formula is C19H19N3O4S2. The van der Waals surface area contributed by atoms with Crippen LogP contribution in [0, 0.1) is 6.92 Å². The predicted molar refractivity (Wildman–Crippen MR) is 107 cm³/mol. The van der Waals surface area contributed by atoms with Crippen molar-refractivity contribution >= 4 is 25.7 Å². The lowest BCUT2D eigenvalue weighted by atomic mass is 10.2. The quantitative estimate of drug-likeness (QED) is 0.615. The van der Waals surface area contributed by atoms with Gasteiger partial charge in [0.25, 0.3) is 10.0 Å². The summed E-state index contributed by atoms with van der Waals surface area (Å²) < 4.78 is 54.5. The van der Waals surface area contributed by atoms with Crippen LogP contribution in [0.1, 0.15) is 11.3 Å². The molecule has 9 heteroatoms. The topological polar surface area (TPSA) is 105 Å². The Morgan fingerprint density at radius 1 is 0.786 bits per heavy atom. The van der Waals surface area contributed by atoms with Gasteiger partial charge in [-0.3, -0.25) is 9.71 Å². The van der Waals surface area contributed by atoms with Crippen LogP contribution in [-0.2, 0) is 26.6 Å². The first-order valence-corrected chi connectivity index (χ1v) is 11.3. The fourth-order valence-electron chi connectivity index (χ4n) is 2.39. The molecule has 0 saturated heterocycles. The number of rotatable bonds is 7. The van der Waals surface area contributed by atoms with Crippen LogP contribution in [0.15, 0.2) is 82.7 Å². The normalized spacial score (nSPS) is 11.9. The Balaban J connectivity index is 1.71. The van der Waals surface area contributed by atoms with Crippen molar-refractivity contribution in [3.05, 3.63) is 84.2 Å². The van der Waals surface area contributed by atoms with E-state index < -0.39 is 20.0 Å². The molecule has 3 rings (SSSR count). The van der Waals surface area contributed by atoms with Crippen LogP contribution in [0.4, 0.5) is 5.69 Å². The standard InChI is InChI=1S/C19H19N3O4S2/c1-15-5-9-19(10-6-15)28(25,26)22-16-7-11-18(12-8-16)27(23,24)21-14-17-4-2-3-13-20-17/h2-13,21-22H,14H2,1H3. The van der Waals surface area contributed by atoms with Crippen LogP contribution < -0.4 is 9.44 Å². The fourth-order valence-corrected chi connectivity index (χ4v) is 4.45.